The zero-order valence-electron chi connectivity index (χ0n) is 10.5. The highest BCUT2D eigenvalue weighted by molar-refractivity contribution is 6.20. The first-order valence-corrected chi connectivity index (χ1v) is 6.40. The van der Waals surface area contributed by atoms with Crippen LogP contribution in [0.5, 0.6) is 0 Å². The molecule has 0 bridgehead atoms. The highest BCUT2D eigenvalue weighted by Crippen LogP contribution is 2.20. The second kappa shape index (κ2) is 5.84. The number of rotatable bonds is 5. The maximum absolute atomic E-state index is 10.9. The Kier molecular flexibility index (Phi) is 4.16. The van der Waals surface area contributed by atoms with Gasteiger partial charge < -0.3 is 0 Å². The molecule has 1 aromatic carbocycles. The molecule has 6 heteroatoms. The number of para-hydroxylation sites is 1. The normalized spacial score (nSPS) is 12.3. The number of aryl methyl sites for hydroxylation is 2. The molecular weight excluding hydrogens is 266 g/mol. The van der Waals surface area contributed by atoms with E-state index in [-0.39, 0.29) is 16.0 Å². The third kappa shape index (κ3) is 3.32. The molecule has 1 heterocycles. The predicted octanol–water partition coefficient (Wildman–Crippen LogP) is 3.33. The SMILES string of the molecule is CC(Cl)c1cnn(CCc2ccccc2[N+](=O)[O-])c1. The summed E-state index contributed by atoms with van der Waals surface area (Å²) in [7, 11) is 0. The molecule has 0 aliphatic carbocycles. The highest BCUT2D eigenvalue weighted by Gasteiger charge is 2.12. The fourth-order valence-corrected chi connectivity index (χ4v) is 1.96. The summed E-state index contributed by atoms with van der Waals surface area (Å²) >= 11 is 5.96. The van der Waals surface area contributed by atoms with Gasteiger partial charge in [-0.15, -0.1) is 11.6 Å². The Morgan fingerprint density at radius 3 is 2.84 bits per heavy atom. The van der Waals surface area contributed by atoms with Gasteiger partial charge in [-0.25, -0.2) is 0 Å². The van der Waals surface area contributed by atoms with Crippen molar-refractivity contribution < 1.29 is 4.92 Å². The van der Waals surface area contributed by atoms with Crippen molar-refractivity contribution in [2.45, 2.75) is 25.3 Å². The minimum atomic E-state index is -0.356. The first-order valence-electron chi connectivity index (χ1n) is 5.96. The van der Waals surface area contributed by atoms with Gasteiger partial charge in [-0.3, -0.25) is 14.8 Å². The van der Waals surface area contributed by atoms with Gasteiger partial charge in [0.1, 0.15) is 0 Å². The van der Waals surface area contributed by atoms with Crippen LogP contribution in [0, 0.1) is 10.1 Å². The standard InChI is InChI=1S/C13H14ClN3O2/c1-10(14)12-8-15-16(9-12)7-6-11-4-2-3-5-13(11)17(18)19/h2-5,8-10H,6-7H2,1H3. The lowest BCUT2D eigenvalue weighted by Crippen LogP contribution is -2.03. The van der Waals surface area contributed by atoms with Gasteiger partial charge in [-0.2, -0.15) is 5.10 Å². The lowest BCUT2D eigenvalue weighted by molar-refractivity contribution is -0.385. The third-order valence-electron chi connectivity index (χ3n) is 2.91. The van der Waals surface area contributed by atoms with E-state index in [1.165, 1.54) is 6.07 Å². The minimum Gasteiger partial charge on any atom is -0.272 e. The van der Waals surface area contributed by atoms with Crippen LogP contribution in [0.2, 0.25) is 0 Å². The Bertz CT molecular complexity index is 581. The minimum absolute atomic E-state index is 0.0835. The van der Waals surface area contributed by atoms with Gasteiger partial charge in [-0.05, 0) is 13.3 Å². The molecule has 0 saturated heterocycles. The maximum Gasteiger partial charge on any atom is 0.272 e. The first kappa shape index (κ1) is 13.5. The molecular formula is C13H14ClN3O2. The number of halogens is 1. The molecule has 5 nitrogen and oxygen atoms in total. The van der Waals surface area contributed by atoms with Crippen LogP contribution >= 0.6 is 11.6 Å². The third-order valence-corrected chi connectivity index (χ3v) is 3.16. The quantitative estimate of drug-likeness (QED) is 0.479. The molecule has 1 unspecified atom stereocenters. The van der Waals surface area contributed by atoms with E-state index in [9.17, 15) is 10.1 Å². The molecule has 0 spiro atoms. The van der Waals surface area contributed by atoms with E-state index >= 15 is 0 Å². The van der Waals surface area contributed by atoms with Crippen LogP contribution in [0.3, 0.4) is 0 Å². The molecule has 2 aromatic rings. The number of aromatic nitrogens is 2. The molecule has 0 aliphatic heterocycles. The zero-order valence-corrected chi connectivity index (χ0v) is 11.2. The second-order valence-electron chi connectivity index (χ2n) is 4.29. The average Bonchev–Trinajstić information content (AvgIpc) is 2.85. The smallest absolute Gasteiger partial charge is 0.272 e. The lowest BCUT2D eigenvalue weighted by Gasteiger charge is -2.03. The molecule has 2 rings (SSSR count). The second-order valence-corrected chi connectivity index (χ2v) is 4.94. The molecule has 1 aromatic heterocycles. The highest BCUT2D eigenvalue weighted by atomic mass is 35.5. The van der Waals surface area contributed by atoms with Gasteiger partial charge in [0.05, 0.1) is 16.5 Å². The number of hydrogen-bond donors (Lipinski definition) is 0. The van der Waals surface area contributed by atoms with Crippen LogP contribution in [-0.4, -0.2) is 14.7 Å². The molecule has 0 fully saturated rings. The lowest BCUT2D eigenvalue weighted by atomic mass is 10.1. The van der Waals surface area contributed by atoms with Crippen molar-refractivity contribution in [3.8, 4) is 0 Å². The summed E-state index contributed by atoms with van der Waals surface area (Å²) in [6.45, 7) is 2.47. The average molecular weight is 280 g/mol. The number of alkyl halides is 1. The summed E-state index contributed by atoms with van der Waals surface area (Å²) in [5, 5.41) is 15.0. The van der Waals surface area contributed by atoms with Crippen LogP contribution in [0.25, 0.3) is 0 Å². The van der Waals surface area contributed by atoms with Crippen LogP contribution in [0.1, 0.15) is 23.4 Å². The van der Waals surface area contributed by atoms with Gasteiger partial charge in [0.25, 0.3) is 5.69 Å². The molecule has 0 N–H and O–H groups in total. The Morgan fingerprint density at radius 2 is 2.21 bits per heavy atom. The van der Waals surface area contributed by atoms with E-state index in [0.717, 1.165) is 5.56 Å². The Labute approximate surface area is 116 Å². The maximum atomic E-state index is 10.9. The number of hydrogen-bond acceptors (Lipinski definition) is 3. The van der Waals surface area contributed by atoms with Gasteiger partial charge in [0, 0.05) is 29.9 Å². The van der Waals surface area contributed by atoms with Gasteiger partial charge in [-0.1, -0.05) is 18.2 Å². The predicted molar refractivity (Wildman–Crippen MR) is 73.3 cm³/mol. The van der Waals surface area contributed by atoms with Crippen molar-refractivity contribution >= 4 is 17.3 Å². The van der Waals surface area contributed by atoms with Crippen molar-refractivity contribution in [1.29, 1.82) is 0 Å². The topological polar surface area (TPSA) is 61.0 Å². The zero-order chi connectivity index (χ0) is 13.8. The monoisotopic (exact) mass is 279 g/mol. The summed E-state index contributed by atoms with van der Waals surface area (Å²) < 4.78 is 1.75. The van der Waals surface area contributed by atoms with E-state index in [4.69, 9.17) is 11.6 Å². The van der Waals surface area contributed by atoms with Gasteiger partial charge >= 0.3 is 0 Å². The fraction of sp³-hybridized carbons (Fsp3) is 0.308. The van der Waals surface area contributed by atoms with Crippen molar-refractivity contribution in [3.63, 3.8) is 0 Å². The Hall–Kier alpha value is -1.88. The summed E-state index contributed by atoms with van der Waals surface area (Å²) in [4.78, 5) is 10.5. The number of benzene rings is 1. The van der Waals surface area contributed by atoms with E-state index in [1.54, 1.807) is 29.1 Å². The molecule has 0 amide bonds. The van der Waals surface area contributed by atoms with E-state index in [1.807, 2.05) is 13.1 Å². The van der Waals surface area contributed by atoms with E-state index in [2.05, 4.69) is 5.10 Å². The number of nitro groups is 1. The summed E-state index contributed by atoms with van der Waals surface area (Å²) in [5.41, 5.74) is 1.81. The fourth-order valence-electron chi connectivity index (χ4n) is 1.84. The summed E-state index contributed by atoms with van der Waals surface area (Å²) in [5.74, 6) is 0. The Morgan fingerprint density at radius 1 is 1.47 bits per heavy atom. The molecule has 100 valence electrons. The number of nitro benzene ring substituents is 1. The van der Waals surface area contributed by atoms with Crippen LogP contribution in [-0.2, 0) is 13.0 Å². The van der Waals surface area contributed by atoms with Crippen molar-refractivity contribution in [1.82, 2.24) is 9.78 Å². The first-order chi connectivity index (χ1) is 9.08. The molecule has 0 aliphatic rings. The van der Waals surface area contributed by atoms with Crippen LogP contribution < -0.4 is 0 Å². The molecule has 1 atom stereocenters. The molecule has 0 radical (unpaired) electrons. The molecule has 0 saturated carbocycles. The summed E-state index contributed by atoms with van der Waals surface area (Å²) in [6.07, 6.45) is 4.15. The van der Waals surface area contributed by atoms with Crippen molar-refractivity contribution in [3.05, 3.63) is 57.9 Å². The Balaban J connectivity index is 2.08. The van der Waals surface area contributed by atoms with Crippen LogP contribution in [0.15, 0.2) is 36.7 Å². The van der Waals surface area contributed by atoms with Gasteiger partial charge in [0.15, 0.2) is 0 Å². The van der Waals surface area contributed by atoms with Crippen molar-refractivity contribution in [2.24, 2.45) is 0 Å². The molecule has 19 heavy (non-hydrogen) atoms. The van der Waals surface area contributed by atoms with E-state index < -0.39 is 0 Å². The van der Waals surface area contributed by atoms with Gasteiger partial charge in [0.2, 0.25) is 0 Å². The number of nitrogens with zero attached hydrogens (tertiary/aromatic N) is 3. The van der Waals surface area contributed by atoms with E-state index in [0.29, 0.717) is 18.5 Å². The van der Waals surface area contributed by atoms with Crippen LogP contribution in [0.4, 0.5) is 5.69 Å². The largest absolute Gasteiger partial charge is 0.272 e. The van der Waals surface area contributed by atoms with Crippen molar-refractivity contribution in [2.75, 3.05) is 0 Å². The summed E-state index contributed by atoms with van der Waals surface area (Å²) in [6, 6.07) is 6.76.